The Balaban J connectivity index is 2.92. The number of anilines is 1. The maximum absolute atomic E-state index is 11.0. The van der Waals surface area contributed by atoms with Crippen LogP contribution in [0, 0.1) is 0 Å². The number of aliphatic carboxylic acids is 1. The summed E-state index contributed by atoms with van der Waals surface area (Å²) in [6.07, 6.45) is 0.470. The molecule has 0 aromatic carbocycles. The summed E-state index contributed by atoms with van der Waals surface area (Å²) in [7, 11) is 1.76. The first kappa shape index (κ1) is 16.0. The van der Waals surface area contributed by atoms with Gasteiger partial charge in [0.2, 0.25) is 0 Å². The van der Waals surface area contributed by atoms with Crippen molar-refractivity contribution in [1.29, 1.82) is 0 Å². The molecule has 8 heteroatoms. The minimum absolute atomic E-state index is 0.00664. The lowest BCUT2D eigenvalue weighted by atomic mass is 10.3. The summed E-state index contributed by atoms with van der Waals surface area (Å²) in [5.74, 6) is -0.349. The van der Waals surface area contributed by atoms with Gasteiger partial charge in [0.15, 0.2) is 5.16 Å². The Kier molecular flexibility index (Phi) is 6.33. The van der Waals surface area contributed by atoms with E-state index in [4.69, 9.17) is 21.8 Å². The molecule has 106 valence electrons. The van der Waals surface area contributed by atoms with E-state index < -0.39 is 11.2 Å². The van der Waals surface area contributed by atoms with Gasteiger partial charge >= 0.3 is 5.97 Å². The molecule has 0 saturated heterocycles. The van der Waals surface area contributed by atoms with E-state index in [1.165, 1.54) is 0 Å². The highest BCUT2D eigenvalue weighted by molar-refractivity contribution is 8.00. The quantitative estimate of drug-likeness (QED) is 0.448. The van der Waals surface area contributed by atoms with E-state index in [2.05, 4.69) is 9.97 Å². The van der Waals surface area contributed by atoms with Crippen molar-refractivity contribution >= 4 is 35.1 Å². The summed E-state index contributed by atoms with van der Waals surface area (Å²) in [6.45, 7) is 2.19. The molecule has 1 aromatic heterocycles. The summed E-state index contributed by atoms with van der Waals surface area (Å²) >= 11 is 6.96. The lowest BCUT2D eigenvalue weighted by Crippen LogP contribution is -2.23. The molecule has 0 radical (unpaired) electrons. The van der Waals surface area contributed by atoms with Crippen LogP contribution in [0.1, 0.15) is 13.3 Å². The van der Waals surface area contributed by atoms with Crippen LogP contribution in [0.2, 0.25) is 5.15 Å². The third-order valence-electron chi connectivity index (χ3n) is 2.38. The number of thioether (sulfide) groups is 1. The van der Waals surface area contributed by atoms with E-state index in [0.717, 1.165) is 11.8 Å². The minimum Gasteiger partial charge on any atom is -0.480 e. The van der Waals surface area contributed by atoms with Crippen LogP contribution in [0.25, 0.3) is 0 Å². The van der Waals surface area contributed by atoms with Gasteiger partial charge in [0.25, 0.3) is 0 Å². The monoisotopic (exact) mass is 305 g/mol. The number of aliphatic hydroxyl groups excluding tert-OH is 1. The van der Waals surface area contributed by atoms with Gasteiger partial charge < -0.3 is 15.1 Å². The van der Waals surface area contributed by atoms with Crippen molar-refractivity contribution in [1.82, 2.24) is 9.97 Å². The molecule has 0 amide bonds. The molecule has 0 spiro atoms. The lowest BCUT2D eigenvalue weighted by Gasteiger charge is -2.17. The molecular weight excluding hydrogens is 290 g/mol. The first-order valence-electron chi connectivity index (χ1n) is 5.74. The number of likely N-dealkylation sites (N-methyl/N-ethyl adjacent to an activating group) is 1. The molecule has 1 heterocycles. The van der Waals surface area contributed by atoms with Gasteiger partial charge in [0.05, 0.1) is 6.61 Å². The molecule has 1 aromatic rings. The van der Waals surface area contributed by atoms with Crippen LogP contribution in [-0.4, -0.2) is 51.6 Å². The van der Waals surface area contributed by atoms with Crippen LogP contribution in [0.15, 0.2) is 11.2 Å². The molecule has 19 heavy (non-hydrogen) atoms. The Morgan fingerprint density at radius 3 is 2.79 bits per heavy atom. The molecule has 1 rings (SSSR count). The smallest absolute Gasteiger partial charge is 0.317 e. The first-order valence-corrected chi connectivity index (χ1v) is 6.99. The number of carbonyl (C=O) groups is 1. The molecule has 0 aliphatic carbocycles. The van der Waals surface area contributed by atoms with E-state index in [0.29, 0.717) is 23.9 Å². The summed E-state index contributed by atoms with van der Waals surface area (Å²) in [5.41, 5.74) is 0. The number of rotatable bonds is 7. The highest BCUT2D eigenvalue weighted by atomic mass is 35.5. The summed E-state index contributed by atoms with van der Waals surface area (Å²) in [4.78, 5) is 21.0. The highest BCUT2D eigenvalue weighted by Gasteiger charge is 2.19. The zero-order valence-electron chi connectivity index (χ0n) is 10.7. The maximum Gasteiger partial charge on any atom is 0.317 e. The van der Waals surface area contributed by atoms with Crippen molar-refractivity contribution in [2.24, 2.45) is 0 Å². The van der Waals surface area contributed by atoms with E-state index in [9.17, 15) is 4.79 Å². The second-order valence-corrected chi connectivity index (χ2v) is 5.39. The van der Waals surface area contributed by atoms with Crippen molar-refractivity contribution in [3.63, 3.8) is 0 Å². The van der Waals surface area contributed by atoms with Crippen molar-refractivity contribution in [2.75, 3.05) is 25.1 Å². The van der Waals surface area contributed by atoms with Crippen LogP contribution < -0.4 is 4.90 Å². The normalized spacial score (nSPS) is 12.2. The van der Waals surface area contributed by atoms with Gasteiger partial charge in [-0.05, 0) is 6.42 Å². The van der Waals surface area contributed by atoms with Gasteiger partial charge in [-0.25, -0.2) is 9.97 Å². The second-order valence-electron chi connectivity index (χ2n) is 3.83. The van der Waals surface area contributed by atoms with Gasteiger partial charge in [-0.2, -0.15) is 0 Å². The van der Waals surface area contributed by atoms with Crippen molar-refractivity contribution in [3.05, 3.63) is 11.2 Å². The van der Waals surface area contributed by atoms with E-state index in [-0.39, 0.29) is 11.8 Å². The number of hydrogen-bond acceptors (Lipinski definition) is 6. The maximum atomic E-state index is 11.0. The molecule has 0 saturated carbocycles. The molecule has 6 nitrogen and oxygen atoms in total. The van der Waals surface area contributed by atoms with Gasteiger partial charge in [-0.3, -0.25) is 4.79 Å². The van der Waals surface area contributed by atoms with E-state index in [1.54, 1.807) is 24.9 Å². The fourth-order valence-corrected chi connectivity index (χ4v) is 2.38. The predicted octanol–water partition coefficient (Wildman–Crippen LogP) is 1.51. The summed E-state index contributed by atoms with van der Waals surface area (Å²) in [5, 5.41) is 17.9. The number of hydrogen-bond donors (Lipinski definition) is 2. The average molecular weight is 306 g/mol. The van der Waals surface area contributed by atoms with Crippen molar-refractivity contribution in [3.8, 4) is 0 Å². The van der Waals surface area contributed by atoms with Gasteiger partial charge in [0.1, 0.15) is 16.2 Å². The van der Waals surface area contributed by atoms with Gasteiger partial charge in [0, 0.05) is 19.7 Å². The van der Waals surface area contributed by atoms with Crippen LogP contribution >= 0.6 is 23.4 Å². The molecule has 2 N–H and O–H groups in total. The standard InChI is InChI=1S/C11H16ClN3O3S/c1-3-7(10(17)18)19-11-13-8(12)6-9(14-11)15(2)4-5-16/h6-7,16H,3-5H2,1-2H3,(H,17,18). The number of aromatic nitrogens is 2. The summed E-state index contributed by atoms with van der Waals surface area (Å²) in [6, 6.07) is 1.57. The number of carboxylic acids is 1. The molecule has 0 aliphatic rings. The first-order chi connectivity index (χ1) is 8.97. The minimum atomic E-state index is -0.902. The summed E-state index contributed by atoms with van der Waals surface area (Å²) < 4.78 is 0. The Morgan fingerprint density at radius 1 is 1.58 bits per heavy atom. The Labute approximate surface area is 120 Å². The van der Waals surface area contributed by atoms with Gasteiger partial charge in [-0.15, -0.1) is 0 Å². The zero-order chi connectivity index (χ0) is 14.4. The molecule has 1 unspecified atom stereocenters. The highest BCUT2D eigenvalue weighted by Crippen LogP contribution is 2.26. The number of aliphatic hydroxyl groups is 1. The zero-order valence-corrected chi connectivity index (χ0v) is 12.3. The Morgan fingerprint density at radius 2 is 2.26 bits per heavy atom. The fourth-order valence-electron chi connectivity index (χ4n) is 1.33. The van der Waals surface area contributed by atoms with E-state index >= 15 is 0 Å². The SMILES string of the molecule is CCC(Sc1nc(Cl)cc(N(C)CCO)n1)C(=O)O. The van der Waals surface area contributed by atoms with Crippen LogP contribution in [0.3, 0.4) is 0 Å². The van der Waals surface area contributed by atoms with Gasteiger partial charge in [-0.1, -0.05) is 30.3 Å². The fraction of sp³-hybridized carbons (Fsp3) is 0.545. The Bertz CT molecular complexity index is 447. The second kappa shape index (κ2) is 7.52. The topological polar surface area (TPSA) is 86.5 Å². The number of carboxylic acid groups (broad SMARTS) is 1. The van der Waals surface area contributed by atoms with Crippen LogP contribution in [-0.2, 0) is 4.79 Å². The third kappa shape index (κ3) is 4.85. The van der Waals surface area contributed by atoms with E-state index in [1.807, 2.05) is 0 Å². The predicted molar refractivity (Wildman–Crippen MR) is 75.0 cm³/mol. The van der Waals surface area contributed by atoms with Crippen molar-refractivity contribution < 1.29 is 15.0 Å². The van der Waals surface area contributed by atoms with Crippen LogP contribution in [0.4, 0.5) is 5.82 Å². The van der Waals surface area contributed by atoms with Crippen LogP contribution in [0.5, 0.6) is 0 Å². The molecular formula is C11H16ClN3O3S. The molecule has 0 aliphatic heterocycles. The number of halogens is 1. The molecule has 0 fully saturated rings. The number of nitrogens with zero attached hydrogens (tertiary/aromatic N) is 3. The average Bonchev–Trinajstić information content (AvgIpc) is 2.35. The largest absolute Gasteiger partial charge is 0.480 e. The Hall–Kier alpha value is -1.05. The molecule has 0 bridgehead atoms. The lowest BCUT2D eigenvalue weighted by molar-refractivity contribution is -0.136. The van der Waals surface area contributed by atoms with Crippen molar-refractivity contribution in [2.45, 2.75) is 23.8 Å². The molecule has 1 atom stereocenters. The third-order valence-corrected chi connectivity index (χ3v) is 3.79.